The van der Waals surface area contributed by atoms with Crippen LogP contribution in [0.3, 0.4) is 0 Å². The van der Waals surface area contributed by atoms with E-state index in [0.717, 1.165) is 43.9 Å². The van der Waals surface area contributed by atoms with Crippen LogP contribution in [0.4, 0.5) is 0 Å². The van der Waals surface area contributed by atoms with Gasteiger partial charge in [0.25, 0.3) is 0 Å². The van der Waals surface area contributed by atoms with E-state index in [9.17, 15) is 4.79 Å². The summed E-state index contributed by atoms with van der Waals surface area (Å²) in [6.45, 7) is 7.44. The van der Waals surface area contributed by atoms with Crippen molar-refractivity contribution in [3.8, 4) is 10.6 Å². The molecule has 140 valence electrons. The van der Waals surface area contributed by atoms with E-state index < -0.39 is 5.97 Å². The van der Waals surface area contributed by atoms with Gasteiger partial charge < -0.3 is 5.11 Å². The minimum absolute atomic E-state index is 0.287. The Hall–Kier alpha value is -1.72. The number of benzene rings is 1. The highest BCUT2D eigenvalue weighted by molar-refractivity contribution is 7.15. The van der Waals surface area contributed by atoms with Crippen molar-refractivity contribution in [2.24, 2.45) is 5.92 Å². The summed E-state index contributed by atoms with van der Waals surface area (Å²) in [5, 5.41) is 9.96. The average Bonchev–Trinajstić information content (AvgIpc) is 3.09. The van der Waals surface area contributed by atoms with Crippen LogP contribution >= 0.6 is 11.3 Å². The maximum absolute atomic E-state index is 10.8. The predicted molar refractivity (Wildman–Crippen MR) is 107 cm³/mol. The fourth-order valence-electron chi connectivity index (χ4n) is 3.60. The van der Waals surface area contributed by atoms with Crippen molar-refractivity contribution in [1.29, 1.82) is 0 Å². The van der Waals surface area contributed by atoms with Gasteiger partial charge in [-0.3, -0.25) is 9.69 Å². The summed E-state index contributed by atoms with van der Waals surface area (Å²) in [6, 6.07) is 8.72. The summed E-state index contributed by atoms with van der Waals surface area (Å²) in [5.41, 5.74) is 2.54. The number of carboxylic acid groups (broad SMARTS) is 1. The van der Waals surface area contributed by atoms with Gasteiger partial charge in [0.2, 0.25) is 0 Å². The van der Waals surface area contributed by atoms with Gasteiger partial charge in [0.15, 0.2) is 0 Å². The number of nitrogens with zero attached hydrogens (tertiary/aromatic N) is 2. The highest BCUT2D eigenvalue weighted by Crippen LogP contribution is 2.29. The molecule has 2 aromatic rings. The Kier molecular flexibility index (Phi) is 6.43. The lowest BCUT2D eigenvalue weighted by atomic mass is 9.93. The lowest BCUT2D eigenvalue weighted by Gasteiger charge is -2.32. The molecular weight excluding hydrogens is 344 g/mol. The predicted octanol–water partition coefficient (Wildman–Crippen LogP) is 5.01. The average molecular weight is 373 g/mol. The molecule has 1 aromatic heterocycles. The molecule has 0 radical (unpaired) electrons. The zero-order chi connectivity index (χ0) is 18.5. The molecule has 1 atom stereocenters. The van der Waals surface area contributed by atoms with Gasteiger partial charge in [0, 0.05) is 36.1 Å². The lowest BCUT2D eigenvalue weighted by molar-refractivity contribution is -0.137. The third kappa shape index (κ3) is 5.15. The Morgan fingerprint density at radius 3 is 2.81 bits per heavy atom. The summed E-state index contributed by atoms with van der Waals surface area (Å²) >= 11 is 1.77. The molecule has 5 heteroatoms. The number of hydrogen-bond donors (Lipinski definition) is 1. The maximum Gasteiger partial charge on any atom is 0.303 e. The topological polar surface area (TPSA) is 53.4 Å². The molecule has 4 nitrogen and oxygen atoms in total. The van der Waals surface area contributed by atoms with E-state index in [0.29, 0.717) is 11.8 Å². The quantitative estimate of drug-likeness (QED) is 0.742. The van der Waals surface area contributed by atoms with Crippen LogP contribution in [0.15, 0.2) is 30.5 Å². The first-order chi connectivity index (χ1) is 12.5. The SMILES string of the molecule is CC(C)c1ccc(-c2ncc(CN3CCCC(CCC(=O)O)C3)s2)cc1. The van der Waals surface area contributed by atoms with Gasteiger partial charge in [-0.1, -0.05) is 38.1 Å². The third-order valence-corrected chi connectivity index (χ3v) is 6.16. The molecule has 1 unspecified atom stereocenters. The Bertz CT molecular complexity index is 724. The van der Waals surface area contributed by atoms with Crippen molar-refractivity contribution < 1.29 is 9.90 Å². The number of carboxylic acids is 1. The molecule has 2 heterocycles. The number of aromatic nitrogens is 1. The second-order valence-electron chi connectivity index (χ2n) is 7.58. The van der Waals surface area contributed by atoms with Gasteiger partial charge in [-0.15, -0.1) is 11.3 Å². The summed E-state index contributed by atoms with van der Waals surface area (Å²) in [4.78, 5) is 19.1. The van der Waals surface area contributed by atoms with Gasteiger partial charge in [0.1, 0.15) is 5.01 Å². The molecule has 1 saturated heterocycles. The van der Waals surface area contributed by atoms with Crippen molar-refractivity contribution in [1.82, 2.24) is 9.88 Å². The van der Waals surface area contributed by atoms with Gasteiger partial charge in [-0.05, 0) is 43.2 Å². The number of thiazole rings is 1. The third-order valence-electron chi connectivity index (χ3n) is 5.13. The number of hydrogen-bond acceptors (Lipinski definition) is 4. The Morgan fingerprint density at radius 2 is 2.12 bits per heavy atom. The molecule has 1 aliphatic heterocycles. The maximum atomic E-state index is 10.8. The van der Waals surface area contributed by atoms with Crippen molar-refractivity contribution >= 4 is 17.3 Å². The highest BCUT2D eigenvalue weighted by Gasteiger charge is 2.21. The zero-order valence-electron chi connectivity index (χ0n) is 15.6. The van der Waals surface area contributed by atoms with Crippen LogP contribution in [0.2, 0.25) is 0 Å². The number of carbonyl (C=O) groups is 1. The molecule has 0 spiro atoms. The fourth-order valence-corrected chi connectivity index (χ4v) is 4.56. The molecule has 0 aliphatic carbocycles. The van der Waals surface area contributed by atoms with Crippen molar-refractivity contribution in [3.05, 3.63) is 40.9 Å². The van der Waals surface area contributed by atoms with Crippen molar-refractivity contribution in [2.75, 3.05) is 13.1 Å². The standard InChI is InChI=1S/C21H28N2O2S/c1-15(2)17-6-8-18(9-7-17)21-22-12-19(26-21)14-23-11-3-4-16(13-23)5-10-20(24)25/h6-9,12,15-16H,3-5,10-11,13-14H2,1-2H3,(H,24,25). The number of aliphatic carboxylic acids is 1. The van der Waals surface area contributed by atoms with Crippen molar-refractivity contribution in [2.45, 2.75) is 52.0 Å². The van der Waals surface area contributed by atoms with Gasteiger partial charge >= 0.3 is 5.97 Å². The van der Waals surface area contributed by atoms with Crippen LogP contribution in [0.25, 0.3) is 10.6 Å². The van der Waals surface area contributed by atoms with Crippen LogP contribution in [0, 0.1) is 5.92 Å². The van der Waals surface area contributed by atoms with Crippen molar-refractivity contribution in [3.63, 3.8) is 0 Å². The molecule has 1 aromatic carbocycles. The largest absolute Gasteiger partial charge is 0.481 e. The van der Waals surface area contributed by atoms with E-state index in [1.165, 1.54) is 16.0 Å². The number of rotatable bonds is 7. The first kappa shape index (κ1) is 19.1. The Labute approximate surface area is 159 Å². The number of piperidine rings is 1. The zero-order valence-corrected chi connectivity index (χ0v) is 16.5. The Balaban J connectivity index is 1.58. The molecule has 26 heavy (non-hydrogen) atoms. The van der Waals surface area contributed by atoms with E-state index in [1.807, 2.05) is 6.20 Å². The van der Waals surface area contributed by atoms with E-state index in [2.05, 4.69) is 48.0 Å². The normalized spacial score (nSPS) is 18.3. The smallest absolute Gasteiger partial charge is 0.303 e. The van der Waals surface area contributed by atoms with Crippen LogP contribution in [-0.4, -0.2) is 34.0 Å². The van der Waals surface area contributed by atoms with E-state index in [4.69, 9.17) is 5.11 Å². The lowest BCUT2D eigenvalue weighted by Crippen LogP contribution is -2.34. The highest BCUT2D eigenvalue weighted by atomic mass is 32.1. The van der Waals surface area contributed by atoms with Gasteiger partial charge in [-0.25, -0.2) is 4.98 Å². The first-order valence-corrected chi connectivity index (χ1v) is 10.3. The molecule has 0 saturated carbocycles. The monoisotopic (exact) mass is 372 g/mol. The molecule has 3 rings (SSSR count). The van der Waals surface area contributed by atoms with E-state index in [-0.39, 0.29) is 6.42 Å². The summed E-state index contributed by atoms with van der Waals surface area (Å²) < 4.78 is 0. The second kappa shape index (κ2) is 8.78. The molecule has 1 N–H and O–H groups in total. The minimum atomic E-state index is -0.683. The fraction of sp³-hybridized carbons (Fsp3) is 0.524. The van der Waals surface area contributed by atoms with Crippen LogP contribution in [-0.2, 0) is 11.3 Å². The summed E-state index contributed by atoms with van der Waals surface area (Å²) in [6.07, 6.45) is 5.39. The van der Waals surface area contributed by atoms with E-state index in [1.54, 1.807) is 11.3 Å². The molecule has 1 fully saturated rings. The van der Waals surface area contributed by atoms with Crippen LogP contribution < -0.4 is 0 Å². The van der Waals surface area contributed by atoms with E-state index >= 15 is 0 Å². The first-order valence-electron chi connectivity index (χ1n) is 9.50. The Morgan fingerprint density at radius 1 is 1.35 bits per heavy atom. The molecule has 1 aliphatic rings. The summed E-state index contributed by atoms with van der Waals surface area (Å²) in [7, 11) is 0. The molecule has 0 amide bonds. The summed E-state index contributed by atoms with van der Waals surface area (Å²) in [5.74, 6) is 0.373. The minimum Gasteiger partial charge on any atom is -0.481 e. The van der Waals surface area contributed by atoms with Crippen LogP contribution in [0.5, 0.6) is 0 Å². The van der Waals surface area contributed by atoms with Gasteiger partial charge in [0.05, 0.1) is 0 Å². The van der Waals surface area contributed by atoms with Crippen LogP contribution in [0.1, 0.15) is 55.9 Å². The molecular formula is C21H28N2O2S. The second-order valence-corrected chi connectivity index (χ2v) is 8.70. The molecule has 0 bridgehead atoms. The number of likely N-dealkylation sites (tertiary alicyclic amines) is 1. The van der Waals surface area contributed by atoms with Gasteiger partial charge in [-0.2, -0.15) is 0 Å².